The Kier molecular flexibility index (Phi) is 3.88. The van der Waals surface area contributed by atoms with Gasteiger partial charge in [-0.15, -0.1) is 0 Å². The number of Topliss-reactive ketones (excluding diaryl/α,β-unsaturated/α-hetero) is 2. The van der Waals surface area contributed by atoms with Gasteiger partial charge in [-0.1, -0.05) is 6.92 Å². The molecule has 0 fully saturated rings. The van der Waals surface area contributed by atoms with Crippen molar-refractivity contribution in [3.8, 4) is 0 Å². The van der Waals surface area contributed by atoms with E-state index in [1.165, 1.54) is 6.92 Å². The summed E-state index contributed by atoms with van der Waals surface area (Å²) >= 11 is 0. The summed E-state index contributed by atoms with van der Waals surface area (Å²) in [5.41, 5.74) is 5.20. The molecule has 0 aromatic heterocycles. The van der Waals surface area contributed by atoms with Crippen LogP contribution in [0.25, 0.3) is 0 Å². The van der Waals surface area contributed by atoms with E-state index >= 15 is 0 Å². The van der Waals surface area contributed by atoms with Crippen LogP contribution in [-0.4, -0.2) is 18.1 Å². The molecule has 0 aliphatic rings. The second-order valence-corrected chi connectivity index (χ2v) is 2.40. The van der Waals surface area contributed by atoms with Crippen molar-refractivity contribution in [1.82, 2.24) is 0 Å². The summed E-state index contributed by atoms with van der Waals surface area (Å²) in [7, 11) is 0. The molecule has 1 unspecified atom stereocenters. The van der Waals surface area contributed by atoms with Crippen LogP contribution in [0.5, 0.6) is 0 Å². The summed E-state index contributed by atoms with van der Waals surface area (Å²) in [6.45, 7) is 3.46. The third-order valence-corrected chi connectivity index (χ3v) is 1.39. The molecule has 0 rings (SSSR count). The number of nitrogens with two attached hydrogens (primary N) is 1. The van der Waals surface area contributed by atoms with Gasteiger partial charge in [-0.3, -0.25) is 9.59 Å². The minimum Gasteiger partial charge on any atom is -0.330 e. The van der Waals surface area contributed by atoms with Gasteiger partial charge in [0, 0.05) is 12.8 Å². The molecule has 3 nitrogen and oxygen atoms in total. The van der Waals surface area contributed by atoms with E-state index in [-0.39, 0.29) is 17.5 Å². The van der Waals surface area contributed by atoms with Gasteiger partial charge in [-0.05, 0) is 13.0 Å². The molecule has 0 saturated heterocycles. The Balaban J connectivity index is 3.82. The van der Waals surface area contributed by atoms with Gasteiger partial charge in [0.1, 0.15) is 0 Å². The first-order chi connectivity index (χ1) is 4.59. The zero-order valence-corrected chi connectivity index (χ0v) is 6.39. The third kappa shape index (κ3) is 2.73. The molecule has 0 saturated carbocycles. The fraction of sp³-hybridized carbons (Fsp3) is 0.714. The van der Waals surface area contributed by atoms with Crippen LogP contribution in [0.15, 0.2) is 0 Å². The number of hydrogen-bond acceptors (Lipinski definition) is 3. The molecule has 3 heteroatoms. The zero-order chi connectivity index (χ0) is 8.15. The highest BCUT2D eigenvalue weighted by atomic mass is 16.2. The largest absolute Gasteiger partial charge is 0.330 e. The highest BCUT2D eigenvalue weighted by Gasteiger charge is 2.15. The molecule has 0 bridgehead atoms. The lowest BCUT2D eigenvalue weighted by atomic mass is 10.0. The molecule has 2 N–H and O–H groups in total. The molecule has 0 amide bonds. The van der Waals surface area contributed by atoms with Crippen LogP contribution in [0.3, 0.4) is 0 Å². The van der Waals surface area contributed by atoms with Crippen molar-refractivity contribution in [2.45, 2.75) is 20.3 Å². The van der Waals surface area contributed by atoms with E-state index in [0.717, 1.165) is 0 Å². The van der Waals surface area contributed by atoms with E-state index in [2.05, 4.69) is 0 Å². The average molecular weight is 143 g/mol. The molecule has 10 heavy (non-hydrogen) atoms. The first kappa shape index (κ1) is 9.30. The highest BCUT2D eigenvalue weighted by molar-refractivity contribution is 6.36. The summed E-state index contributed by atoms with van der Waals surface area (Å²) in [6.07, 6.45) is 0.596. The number of rotatable bonds is 4. The van der Waals surface area contributed by atoms with Gasteiger partial charge in [-0.25, -0.2) is 0 Å². The summed E-state index contributed by atoms with van der Waals surface area (Å²) in [6, 6.07) is 0. The minimum atomic E-state index is -0.374. The Hall–Kier alpha value is -0.700. The van der Waals surface area contributed by atoms with Crippen LogP contribution in [-0.2, 0) is 9.59 Å². The molecule has 0 aliphatic carbocycles. The standard InChI is InChI=1S/C7H13NO2/c1-5(3-4-8)7(10)6(2)9/h5H,3-4,8H2,1-2H3. The molecule has 0 aromatic carbocycles. The third-order valence-electron chi connectivity index (χ3n) is 1.39. The Bertz CT molecular complexity index is 143. The Labute approximate surface area is 60.6 Å². The van der Waals surface area contributed by atoms with Gasteiger partial charge in [0.15, 0.2) is 5.78 Å². The molecule has 0 aromatic rings. The zero-order valence-electron chi connectivity index (χ0n) is 6.39. The van der Waals surface area contributed by atoms with Crippen molar-refractivity contribution in [3.63, 3.8) is 0 Å². The van der Waals surface area contributed by atoms with E-state index in [1.807, 2.05) is 0 Å². The Morgan fingerprint density at radius 1 is 1.50 bits per heavy atom. The summed E-state index contributed by atoms with van der Waals surface area (Å²) in [4.78, 5) is 21.3. The van der Waals surface area contributed by atoms with E-state index in [1.54, 1.807) is 6.92 Å². The van der Waals surface area contributed by atoms with Crippen LogP contribution in [0.1, 0.15) is 20.3 Å². The monoisotopic (exact) mass is 143 g/mol. The van der Waals surface area contributed by atoms with E-state index in [0.29, 0.717) is 13.0 Å². The van der Waals surface area contributed by atoms with E-state index < -0.39 is 0 Å². The summed E-state index contributed by atoms with van der Waals surface area (Å²) in [5.74, 6) is -0.895. The molecule has 0 spiro atoms. The summed E-state index contributed by atoms with van der Waals surface area (Å²) in [5, 5.41) is 0. The normalized spacial score (nSPS) is 12.7. The molecule has 0 heterocycles. The number of hydrogen-bond donors (Lipinski definition) is 1. The topological polar surface area (TPSA) is 60.2 Å². The maximum absolute atomic E-state index is 10.8. The fourth-order valence-corrected chi connectivity index (χ4v) is 0.728. The van der Waals surface area contributed by atoms with Gasteiger partial charge in [0.05, 0.1) is 0 Å². The maximum Gasteiger partial charge on any atom is 0.200 e. The van der Waals surface area contributed by atoms with Gasteiger partial charge in [0.2, 0.25) is 5.78 Å². The van der Waals surface area contributed by atoms with Crippen molar-refractivity contribution in [3.05, 3.63) is 0 Å². The van der Waals surface area contributed by atoms with Crippen LogP contribution < -0.4 is 5.73 Å². The lowest BCUT2D eigenvalue weighted by Gasteiger charge is -2.03. The number of carbonyl (C=O) groups excluding carboxylic acids is 2. The highest BCUT2D eigenvalue weighted by Crippen LogP contribution is 2.01. The van der Waals surface area contributed by atoms with Crippen molar-refractivity contribution in [2.24, 2.45) is 11.7 Å². The van der Waals surface area contributed by atoms with Gasteiger partial charge in [-0.2, -0.15) is 0 Å². The van der Waals surface area contributed by atoms with Crippen LogP contribution in [0.2, 0.25) is 0 Å². The molecule has 0 aliphatic heterocycles. The van der Waals surface area contributed by atoms with Gasteiger partial charge < -0.3 is 5.73 Å². The molecular formula is C7H13NO2. The molecule has 1 atom stereocenters. The SMILES string of the molecule is CC(=O)C(=O)C(C)CCN. The maximum atomic E-state index is 10.8. The lowest BCUT2D eigenvalue weighted by molar-refractivity contribution is -0.137. The number of carbonyl (C=O) groups is 2. The van der Waals surface area contributed by atoms with Crippen molar-refractivity contribution >= 4 is 11.6 Å². The van der Waals surface area contributed by atoms with E-state index in [4.69, 9.17) is 5.73 Å². The Morgan fingerprint density at radius 3 is 2.30 bits per heavy atom. The minimum absolute atomic E-state index is 0.206. The number of ketones is 2. The predicted molar refractivity (Wildman–Crippen MR) is 38.5 cm³/mol. The van der Waals surface area contributed by atoms with Crippen molar-refractivity contribution in [1.29, 1.82) is 0 Å². The quantitative estimate of drug-likeness (QED) is 0.569. The predicted octanol–water partition coefficient (Wildman–Crippen LogP) is 0.129. The van der Waals surface area contributed by atoms with Crippen LogP contribution in [0, 0.1) is 5.92 Å². The average Bonchev–Trinajstić information content (AvgIpc) is 1.87. The fourth-order valence-electron chi connectivity index (χ4n) is 0.728. The summed E-state index contributed by atoms with van der Waals surface area (Å²) < 4.78 is 0. The van der Waals surface area contributed by atoms with E-state index in [9.17, 15) is 9.59 Å². The second kappa shape index (κ2) is 4.17. The van der Waals surface area contributed by atoms with Crippen LogP contribution in [0.4, 0.5) is 0 Å². The second-order valence-electron chi connectivity index (χ2n) is 2.40. The smallest absolute Gasteiger partial charge is 0.200 e. The lowest BCUT2D eigenvalue weighted by Crippen LogP contribution is -2.21. The molecule has 58 valence electrons. The van der Waals surface area contributed by atoms with Gasteiger partial charge >= 0.3 is 0 Å². The van der Waals surface area contributed by atoms with Crippen molar-refractivity contribution in [2.75, 3.05) is 6.54 Å². The Morgan fingerprint density at radius 2 is 2.00 bits per heavy atom. The van der Waals surface area contributed by atoms with Crippen LogP contribution >= 0.6 is 0 Å². The van der Waals surface area contributed by atoms with Gasteiger partial charge in [0.25, 0.3) is 0 Å². The first-order valence-corrected chi connectivity index (χ1v) is 3.34. The molecular weight excluding hydrogens is 130 g/mol. The first-order valence-electron chi connectivity index (χ1n) is 3.34. The van der Waals surface area contributed by atoms with Crippen molar-refractivity contribution < 1.29 is 9.59 Å². The molecule has 0 radical (unpaired) electrons.